The number of sulfonamides is 1. The standard InChI is InChI=1S/C22H23N3O2S/c26-28(27,17-8-2-1-3-9-17)24-21-18-10-4-6-16-7-5-11-19(20(16)18)22(21)25-14-12-23-13-15-25/h1-11,21-24H,12-15H2/t21-,22+/m1/s1. The summed E-state index contributed by atoms with van der Waals surface area (Å²) in [5, 5.41) is 5.75. The molecule has 144 valence electrons. The summed E-state index contributed by atoms with van der Waals surface area (Å²) in [6.07, 6.45) is 0. The lowest BCUT2D eigenvalue weighted by Crippen LogP contribution is -2.48. The van der Waals surface area contributed by atoms with E-state index in [2.05, 4.69) is 45.3 Å². The first-order valence-corrected chi connectivity index (χ1v) is 11.2. The van der Waals surface area contributed by atoms with E-state index in [1.807, 2.05) is 12.1 Å². The van der Waals surface area contributed by atoms with Crippen LogP contribution in [0.2, 0.25) is 0 Å². The second-order valence-corrected chi connectivity index (χ2v) is 9.15. The molecule has 0 unspecified atom stereocenters. The van der Waals surface area contributed by atoms with Crippen LogP contribution in [0.1, 0.15) is 23.2 Å². The quantitative estimate of drug-likeness (QED) is 0.716. The smallest absolute Gasteiger partial charge is 0.241 e. The van der Waals surface area contributed by atoms with E-state index in [1.165, 1.54) is 10.9 Å². The van der Waals surface area contributed by atoms with E-state index in [4.69, 9.17) is 0 Å². The Morgan fingerprint density at radius 2 is 1.54 bits per heavy atom. The second-order valence-electron chi connectivity index (χ2n) is 7.44. The zero-order valence-corrected chi connectivity index (χ0v) is 16.3. The van der Waals surface area contributed by atoms with Crippen molar-refractivity contribution < 1.29 is 8.42 Å². The van der Waals surface area contributed by atoms with Gasteiger partial charge in [0.25, 0.3) is 0 Å². The van der Waals surface area contributed by atoms with E-state index in [1.54, 1.807) is 24.3 Å². The number of rotatable bonds is 4. The van der Waals surface area contributed by atoms with Gasteiger partial charge in [0.1, 0.15) is 0 Å². The summed E-state index contributed by atoms with van der Waals surface area (Å²) in [7, 11) is -3.62. The van der Waals surface area contributed by atoms with Crippen molar-refractivity contribution in [3.63, 3.8) is 0 Å². The van der Waals surface area contributed by atoms with Gasteiger partial charge in [-0.3, -0.25) is 4.90 Å². The highest BCUT2D eigenvalue weighted by Crippen LogP contribution is 2.47. The van der Waals surface area contributed by atoms with Crippen molar-refractivity contribution in [3.8, 4) is 0 Å². The van der Waals surface area contributed by atoms with Crippen LogP contribution in [-0.2, 0) is 10.0 Å². The SMILES string of the molecule is O=S(=O)(N[C@@H]1c2cccc3cccc(c23)[C@@H]1N1CCNCC1)c1ccccc1. The molecule has 0 spiro atoms. The number of hydrogen-bond donors (Lipinski definition) is 2. The Bertz CT molecular complexity index is 1100. The molecule has 0 saturated carbocycles. The number of nitrogens with one attached hydrogen (secondary N) is 2. The Hall–Kier alpha value is -2.25. The third-order valence-electron chi connectivity index (χ3n) is 5.82. The maximum Gasteiger partial charge on any atom is 0.241 e. The lowest BCUT2D eigenvalue weighted by Gasteiger charge is -2.37. The van der Waals surface area contributed by atoms with Gasteiger partial charge in [-0.05, 0) is 34.0 Å². The molecule has 1 saturated heterocycles. The molecule has 1 fully saturated rings. The molecule has 1 heterocycles. The Balaban J connectivity index is 1.61. The van der Waals surface area contributed by atoms with E-state index in [0.29, 0.717) is 4.90 Å². The first kappa shape index (κ1) is 17.8. The van der Waals surface area contributed by atoms with Crippen LogP contribution in [0.3, 0.4) is 0 Å². The summed E-state index contributed by atoms with van der Waals surface area (Å²) in [5.41, 5.74) is 2.28. The predicted molar refractivity (Wildman–Crippen MR) is 111 cm³/mol. The van der Waals surface area contributed by atoms with Crippen molar-refractivity contribution in [3.05, 3.63) is 77.9 Å². The molecule has 6 heteroatoms. The van der Waals surface area contributed by atoms with Gasteiger partial charge in [0.05, 0.1) is 17.0 Å². The molecule has 0 amide bonds. The predicted octanol–water partition coefficient (Wildman–Crippen LogP) is 2.82. The van der Waals surface area contributed by atoms with Crippen LogP contribution in [0.25, 0.3) is 10.8 Å². The van der Waals surface area contributed by atoms with Crippen LogP contribution in [0.5, 0.6) is 0 Å². The van der Waals surface area contributed by atoms with Gasteiger partial charge in [-0.1, -0.05) is 54.6 Å². The molecule has 0 aromatic heterocycles. The summed E-state index contributed by atoms with van der Waals surface area (Å²) < 4.78 is 29.3. The van der Waals surface area contributed by atoms with Crippen molar-refractivity contribution in [2.45, 2.75) is 17.0 Å². The monoisotopic (exact) mass is 393 g/mol. The Labute approximate surface area is 165 Å². The zero-order chi connectivity index (χ0) is 19.1. The molecule has 0 bridgehead atoms. The summed E-state index contributed by atoms with van der Waals surface area (Å²) in [6.45, 7) is 3.64. The topological polar surface area (TPSA) is 61.4 Å². The van der Waals surface area contributed by atoms with Gasteiger partial charge in [-0.25, -0.2) is 13.1 Å². The van der Waals surface area contributed by atoms with Crippen LogP contribution in [-0.4, -0.2) is 39.5 Å². The fourth-order valence-corrected chi connectivity index (χ4v) is 5.83. The molecule has 3 aromatic rings. The first-order valence-electron chi connectivity index (χ1n) is 9.69. The third-order valence-corrected chi connectivity index (χ3v) is 7.28. The minimum Gasteiger partial charge on any atom is -0.314 e. The Kier molecular flexibility index (Phi) is 4.44. The molecule has 0 radical (unpaired) electrons. The van der Waals surface area contributed by atoms with E-state index >= 15 is 0 Å². The molecular formula is C22H23N3O2S. The van der Waals surface area contributed by atoms with Crippen molar-refractivity contribution in [2.75, 3.05) is 26.2 Å². The highest BCUT2D eigenvalue weighted by molar-refractivity contribution is 7.89. The molecule has 1 aliphatic heterocycles. The molecule has 3 aromatic carbocycles. The fraction of sp³-hybridized carbons (Fsp3) is 0.273. The largest absolute Gasteiger partial charge is 0.314 e. The highest BCUT2D eigenvalue weighted by Gasteiger charge is 2.40. The summed E-state index contributed by atoms with van der Waals surface area (Å²) >= 11 is 0. The summed E-state index contributed by atoms with van der Waals surface area (Å²) in [4.78, 5) is 2.71. The fourth-order valence-electron chi connectivity index (χ4n) is 4.59. The summed E-state index contributed by atoms with van der Waals surface area (Å²) in [5.74, 6) is 0. The van der Waals surface area contributed by atoms with E-state index in [0.717, 1.165) is 37.1 Å². The minimum atomic E-state index is -3.62. The van der Waals surface area contributed by atoms with Gasteiger partial charge in [0, 0.05) is 26.2 Å². The van der Waals surface area contributed by atoms with Crippen molar-refractivity contribution in [1.29, 1.82) is 0 Å². The molecule has 28 heavy (non-hydrogen) atoms. The minimum absolute atomic E-state index is 0.00156. The molecule has 1 aliphatic carbocycles. The van der Waals surface area contributed by atoms with Gasteiger partial charge in [0.15, 0.2) is 0 Å². The van der Waals surface area contributed by atoms with Gasteiger partial charge < -0.3 is 5.32 Å². The van der Waals surface area contributed by atoms with Crippen LogP contribution in [0.4, 0.5) is 0 Å². The molecule has 2 N–H and O–H groups in total. The molecule has 5 rings (SSSR count). The van der Waals surface area contributed by atoms with E-state index in [9.17, 15) is 8.42 Å². The van der Waals surface area contributed by atoms with Crippen LogP contribution in [0, 0.1) is 0 Å². The normalized spacial score (nSPS) is 22.6. The van der Waals surface area contributed by atoms with Gasteiger partial charge in [-0.2, -0.15) is 0 Å². The average Bonchev–Trinajstić information content (AvgIpc) is 3.04. The molecule has 2 aliphatic rings. The number of benzene rings is 3. The zero-order valence-electron chi connectivity index (χ0n) is 15.5. The summed E-state index contributed by atoms with van der Waals surface area (Å²) in [6, 6.07) is 20.8. The Morgan fingerprint density at radius 3 is 2.25 bits per heavy atom. The second kappa shape index (κ2) is 6.97. The first-order chi connectivity index (χ1) is 13.6. The van der Waals surface area contributed by atoms with Crippen LogP contribution >= 0.6 is 0 Å². The maximum absolute atomic E-state index is 13.1. The number of piperazine rings is 1. The third kappa shape index (κ3) is 2.93. The van der Waals surface area contributed by atoms with Crippen molar-refractivity contribution in [1.82, 2.24) is 14.9 Å². The van der Waals surface area contributed by atoms with E-state index in [-0.39, 0.29) is 12.1 Å². The Morgan fingerprint density at radius 1 is 0.857 bits per heavy atom. The van der Waals surface area contributed by atoms with Gasteiger partial charge in [-0.15, -0.1) is 0 Å². The van der Waals surface area contributed by atoms with Crippen molar-refractivity contribution in [2.24, 2.45) is 0 Å². The number of hydrogen-bond acceptors (Lipinski definition) is 4. The lowest BCUT2D eigenvalue weighted by atomic mass is 10.0. The average molecular weight is 394 g/mol. The van der Waals surface area contributed by atoms with Crippen LogP contribution in [0.15, 0.2) is 71.6 Å². The van der Waals surface area contributed by atoms with Crippen molar-refractivity contribution >= 4 is 20.8 Å². The maximum atomic E-state index is 13.1. The lowest BCUT2D eigenvalue weighted by molar-refractivity contribution is 0.152. The van der Waals surface area contributed by atoms with Crippen LogP contribution < -0.4 is 10.0 Å². The van der Waals surface area contributed by atoms with E-state index < -0.39 is 10.0 Å². The molecular weight excluding hydrogens is 370 g/mol. The molecule has 2 atom stereocenters. The van der Waals surface area contributed by atoms with Gasteiger partial charge >= 0.3 is 0 Å². The number of nitrogens with zero attached hydrogens (tertiary/aromatic N) is 1. The van der Waals surface area contributed by atoms with Gasteiger partial charge in [0.2, 0.25) is 10.0 Å². The highest BCUT2D eigenvalue weighted by atomic mass is 32.2. The molecule has 5 nitrogen and oxygen atoms in total.